The molecule has 1 rings (SSSR count). The first-order valence-corrected chi connectivity index (χ1v) is 5.21. The van der Waals surface area contributed by atoms with Gasteiger partial charge in [-0.1, -0.05) is 0 Å². The summed E-state index contributed by atoms with van der Waals surface area (Å²) in [6.07, 6.45) is -1.86. The van der Waals surface area contributed by atoms with Crippen LogP contribution in [0, 0.1) is 0 Å². The number of aromatic nitrogens is 2. The van der Waals surface area contributed by atoms with Crippen molar-refractivity contribution in [1.82, 2.24) is 9.97 Å². The lowest BCUT2D eigenvalue weighted by Crippen LogP contribution is -2.20. The molecule has 6 nitrogen and oxygen atoms in total. The number of alkyl halides is 3. The largest absolute Gasteiger partial charge is 0.464 e. The number of ether oxygens (including phenoxy) is 2. The molecule has 0 aromatic carbocycles. The van der Waals surface area contributed by atoms with Crippen LogP contribution in [0.1, 0.15) is 10.5 Å². The molecular formula is C10H12F3N3O3. The van der Waals surface area contributed by atoms with Crippen LogP contribution in [0.5, 0.6) is 0 Å². The lowest BCUT2D eigenvalue weighted by Gasteiger charge is -2.08. The van der Waals surface area contributed by atoms with Gasteiger partial charge in [0.2, 0.25) is 0 Å². The monoisotopic (exact) mass is 279 g/mol. The summed E-state index contributed by atoms with van der Waals surface area (Å²) in [7, 11) is 1.22. The van der Waals surface area contributed by atoms with Gasteiger partial charge >= 0.3 is 12.1 Å². The molecule has 0 spiro atoms. The molecule has 19 heavy (non-hydrogen) atoms. The minimum Gasteiger partial charge on any atom is -0.464 e. The second-order valence-electron chi connectivity index (χ2n) is 3.37. The highest BCUT2D eigenvalue weighted by Crippen LogP contribution is 2.14. The van der Waals surface area contributed by atoms with Gasteiger partial charge in [-0.25, -0.2) is 14.8 Å². The van der Waals surface area contributed by atoms with Gasteiger partial charge in [-0.05, 0) is 0 Å². The van der Waals surface area contributed by atoms with Crippen molar-refractivity contribution < 1.29 is 27.4 Å². The Hall–Kier alpha value is -1.90. The number of carbonyl (C=O) groups is 1. The van der Waals surface area contributed by atoms with Crippen molar-refractivity contribution in [2.75, 3.05) is 32.2 Å². The first kappa shape index (κ1) is 15.2. The van der Waals surface area contributed by atoms with Crippen LogP contribution in [0.2, 0.25) is 0 Å². The van der Waals surface area contributed by atoms with E-state index in [0.717, 1.165) is 0 Å². The van der Waals surface area contributed by atoms with Gasteiger partial charge < -0.3 is 14.8 Å². The minimum atomic E-state index is -4.33. The molecule has 0 bridgehead atoms. The van der Waals surface area contributed by atoms with E-state index in [1.807, 2.05) is 0 Å². The van der Waals surface area contributed by atoms with Crippen molar-refractivity contribution in [2.24, 2.45) is 0 Å². The summed E-state index contributed by atoms with van der Waals surface area (Å²) in [5.41, 5.74) is 0.0429. The molecule has 106 valence electrons. The summed E-state index contributed by atoms with van der Waals surface area (Å²) in [6.45, 7) is -1.27. The summed E-state index contributed by atoms with van der Waals surface area (Å²) in [4.78, 5) is 18.7. The van der Waals surface area contributed by atoms with Gasteiger partial charge in [0.15, 0.2) is 5.69 Å². The molecule has 0 saturated carbocycles. The van der Waals surface area contributed by atoms with Crippen LogP contribution in [-0.2, 0) is 9.47 Å². The van der Waals surface area contributed by atoms with Crippen LogP contribution in [0.15, 0.2) is 12.4 Å². The second kappa shape index (κ2) is 6.88. The van der Waals surface area contributed by atoms with Crippen LogP contribution < -0.4 is 5.32 Å². The fourth-order valence-electron chi connectivity index (χ4n) is 1.07. The van der Waals surface area contributed by atoms with Crippen LogP contribution in [0.3, 0.4) is 0 Å². The lowest BCUT2D eigenvalue weighted by atomic mass is 10.4. The van der Waals surface area contributed by atoms with E-state index in [-0.39, 0.29) is 18.8 Å². The number of anilines is 1. The predicted molar refractivity (Wildman–Crippen MR) is 58.7 cm³/mol. The van der Waals surface area contributed by atoms with Gasteiger partial charge in [-0.15, -0.1) is 0 Å². The molecule has 0 amide bonds. The van der Waals surface area contributed by atoms with E-state index in [4.69, 9.17) is 0 Å². The smallest absolute Gasteiger partial charge is 0.411 e. The summed E-state index contributed by atoms with van der Waals surface area (Å²) < 4.78 is 44.1. The zero-order valence-electron chi connectivity index (χ0n) is 10.0. The number of carbonyl (C=O) groups excluding carboxylic acids is 1. The van der Waals surface area contributed by atoms with Crippen LogP contribution in [0.4, 0.5) is 19.0 Å². The highest BCUT2D eigenvalue weighted by molar-refractivity contribution is 5.86. The van der Waals surface area contributed by atoms with Crippen molar-refractivity contribution in [2.45, 2.75) is 6.18 Å². The van der Waals surface area contributed by atoms with E-state index >= 15 is 0 Å². The third-order valence-corrected chi connectivity index (χ3v) is 1.86. The normalized spacial score (nSPS) is 11.2. The molecule has 0 aliphatic rings. The standard InChI is InChI=1S/C10H12F3N3O3/c1-18-9(17)7-4-16-8(5-15-7)14-2-3-19-6-10(11,12)13/h4-5H,2-3,6H2,1H3,(H,14,16). The number of nitrogens with one attached hydrogen (secondary N) is 1. The first-order chi connectivity index (χ1) is 8.92. The summed E-state index contributed by atoms with van der Waals surface area (Å²) in [5, 5.41) is 2.70. The Bertz CT molecular complexity index is 409. The molecule has 0 radical (unpaired) electrons. The molecule has 0 aliphatic carbocycles. The number of esters is 1. The van der Waals surface area contributed by atoms with Gasteiger partial charge in [0.25, 0.3) is 0 Å². The zero-order valence-corrected chi connectivity index (χ0v) is 10.0. The van der Waals surface area contributed by atoms with Gasteiger partial charge in [-0.3, -0.25) is 0 Å². The molecule has 0 aliphatic heterocycles. The molecule has 0 saturated heterocycles. The molecule has 1 aromatic heterocycles. The van der Waals surface area contributed by atoms with Crippen molar-refractivity contribution in [3.8, 4) is 0 Å². The maximum Gasteiger partial charge on any atom is 0.411 e. The van der Waals surface area contributed by atoms with Crippen LogP contribution >= 0.6 is 0 Å². The lowest BCUT2D eigenvalue weighted by molar-refractivity contribution is -0.172. The molecule has 0 atom stereocenters. The maximum absolute atomic E-state index is 11.7. The summed E-state index contributed by atoms with van der Waals surface area (Å²) in [5.74, 6) is -0.296. The zero-order chi connectivity index (χ0) is 14.3. The molecule has 0 unspecified atom stereocenters. The molecule has 9 heteroatoms. The Balaban J connectivity index is 2.29. The number of methoxy groups -OCH3 is 1. The van der Waals surface area contributed by atoms with Crippen LogP contribution in [0.25, 0.3) is 0 Å². The average molecular weight is 279 g/mol. The van der Waals surface area contributed by atoms with E-state index in [9.17, 15) is 18.0 Å². The average Bonchev–Trinajstić information content (AvgIpc) is 2.37. The van der Waals surface area contributed by atoms with E-state index in [1.54, 1.807) is 0 Å². The Labute approximate surface area is 106 Å². The van der Waals surface area contributed by atoms with Gasteiger partial charge in [-0.2, -0.15) is 13.2 Å². The highest BCUT2D eigenvalue weighted by atomic mass is 19.4. The molecule has 0 fully saturated rings. The van der Waals surface area contributed by atoms with E-state index in [0.29, 0.717) is 5.82 Å². The first-order valence-electron chi connectivity index (χ1n) is 5.21. The van der Waals surface area contributed by atoms with Gasteiger partial charge in [0.05, 0.1) is 26.1 Å². The topological polar surface area (TPSA) is 73.3 Å². The number of rotatable bonds is 6. The maximum atomic E-state index is 11.7. The number of nitrogens with zero attached hydrogens (tertiary/aromatic N) is 2. The van der Waals surface area contributed by atoms with E-state index in [2.05, 4.69) is 24.8 Å². The van der Waals surface area contributed by atoms with Gasteiger partial charge in [0, 0.05) is 6.54 Å². The van der Waals surface area contributed by atoms with Gasteiger partial charge in [0.1, 0.15) is 12.4 Å². The van der Waals surface area contributed by atoms with Crippen LogP contribution in [-0.4, -0.2) is 49.0 Å². The number of hydrogen-bond acceptors (Lipinski definition) is 6. The Morgan fingerprint density at radius 3 is 2.63 bits per heavy atom. The van der Waals surface area contributed by atoms with E-state index < -0.39 is 18.8 Å². The summed E-state index contributed by atoms with van der Waals surface area (Å²) in [6, 6.07) is 0. The SMILES string of the molecule is COC(=O)c1cnc(NCCOCC(F)(F)F)cn1. The van der Waals surface area contributed by atoms with Crippen molar-refractivity contribution in [3.05, 3.63) is 18.1 Å². The fraction of sp³-hybridized carbons (Fsp3) is 0.500. The van der Waals surface area contributed by atoms with Crippen molar-refractivity contribution in [1.29, 1.82) is 0 Å². The highest BCUT2D eigenvalue weighted by Gasteiger charge is 2.27. The Morgan fingerprint density at radius 1 is 1.37 bits per heavy atom. The Morgan fingerprint density at radius 2 is 2.11 bits per heavy atom. The second-order valence-corrected chi connectivity index (χ2v) is 3.37. The molecular weight excluding hydrogens is 267 g/mol. The third kappa shape index (κ3) is 6.00. The van der Waals surface area contributed by atoms with Crippen molar-refractivity contribution in [3.63, 3.8) is 0 Å². The predicted octanol–water partition coefficient (Wildman–Crippen LogP) is 1.25. The molecule has 1 aromatic rings. The third-order valence-electron chi connectivity index (χ3n) is 1.86. The summed E-state index contributed by atoms with van der Waals surface area (Å²) >= 11 is 0. The fourth-order valence-corrected chi connectivity index (χ4v) is 1.07. The number of hydrogen-bond donors (Lipinski definition) is 1. The molecule has 1 heterocycles. The minimum absolute atomic E-state index is 0.0429. The quantitative estimate of drug-likeness (QED) is 0.624. The number of halogens is 3. The van der Waals surface area contributed by atoms with Crippen molar-refractivity contribution >= 4 is 11.8 Å². The molecule has 1 N–H and O–H groups in total. The van der Waals surface area contributed by atoms with E-state index in [1.165, 1.54) is 19.5 Å². The Kier molecular flexibility index (Phi) is 5.49.